The van der Waals surface area contributed by atoms with Crippen LogP contribution >= 0.6 is 46.4 Å². The number of phenolic OH excluding ortho intramolecular Hbond substituents is 2. The largest absolute Gasteiger partial charge is 0.508 e. The van der Waals surface area contributed by atoms with Crippen molar-refractivity contribution in [1.82, 2.24) is 0 Å². The van der Waals surface area contributed by atoms with Crippen molar-refractivity contribution in [1.29, 1.82) is 0 Å². The van der Waals surface area contributed by atoms with Crippen LogP contribution < -0.4 is 0 Å². The molecule has 0 saturated carbocycles. The number of hydrogen-bond donors (Lipinski definition) is 3. The molecular formula is C19H12Cl4O5S. The lowest BCUT2D eigenvalue weighted by Gasteiger charge is -2.34. The fraction of sp³-hybridized carbons (Fsp3) is 0.0526. The third kappa shape index (κ3) is 3.65. The molecule has 1 atom stereocenters. The average Bonchev–Trinajstić information content (AvgIpc) is 2.61. The van der Waals surface area contributed by atoms with E-state index in [9.17, 15) is 23.2 Å². The van der Waals surface area contributed by atoms with Crippen LogP contribution in [-0.2, 0) is 14.9 Å². The number of para-hydroxylation sites is 1. The molecule has 3 N–H and O–H groups in total. The molecule has 0 bridgehead atoms. The van der Waals surface area contributed by atoms with Crippen LogP contribution in [-0.4, -0.2) is 23.2 Å². The van der Waals surface area contributed by atoms with Gasteiger partial charge in [-0.2, -0.15) is 8.42 Å². The molecule has 3 aromatic rings. The van der Waals surface area contributed by atoms with Gasteiger partial charge in [0, 0.05) is 26.7 Å². The monoisotopic (exact) mass is 492 g/mol. The van der Waals surface area contributed by atoms with Crippen molar-refractivity contribution < 1.29 is 23.2 Å². The van der Waals surface area contributed by atoms with Gasteiger partial charge in [0.05, 0.1) is 10.0 Å². The summed E-state index contributed by atoms with van der Waals surface area (Å²) >= 11 is 24.9. The van der Waals surface area contributed by atoms with Crippen LogP contribution in [0.25, 0.3) is 0 Å². The summed E-state index contributed by atoms with van der Waals surface area (Å²) in [5, 5.41) is 19.8. The van der Waals surface area contributed by atoms with Crippen LogP contribution in [0.4, 0.5) is 0 Å². The van der Waals surface area contributed by atoms with E-state index >= 15 is 0 Å². The van der Waals surface area contributed by atoms with Gasteiger partial charge in [0.2, 0.25) is 0 Å². The summed E-state index contributed by atoms with van der Waals surface area (Å²) in [6, 6.07) is 11.4. The van der Waals surface area contributed by atoms with Gasteiger partial charge in [0.15, 0.2) is 4.75 Å². The molecule has 3 rings (SSSR count). The molecule has 0 aliphatic heterocycles. The summed E-state index contributed by atoms with van der Waals surface area (Å²) in [4.78, 5) is 0. The molecule has 0 amide bonds. The molecule has 0 saturated heterocycles. The minimum absolute atomic E-state index is 0.0350. The lowest BCUT2D eigenvalue weighted by molar-refractivity contribution is 0.440. The molecule has 0 spiro atoms. The lowest BCUT2D eigenvalue weighted by Crippen LogP contribution is -2.39. The first kappa shape index (κ1) is 22.0. The van der Waals surface area contributed by atoms with Gasteiger partial charge in [-0.1, -0.05) is 70.7 Å². The smallest absolute Gasteiger partial charge is 0.283 e. The first-order valence-corrected chi connectivity index (χ1v) is 10.8. The van der Waals surface area contributed by atoms with Crippen LogP contribution in [0.5, 0.6) is 11.5 Å². The number of benzene rings is 3. The topological polar surface area (TPSA) is 94.8 Å². The maximum Gasteiger partial charge on any atom is 0.283 e. The van der Waals surface area contributed by atoms with Crippen molar-refractivity contribution in [3.8, 4) is 11.5 Å². The second-order valence-electron chi connectivity index (χ2n) is 6.09. The minimum atomic E-state index is -5.13. The highest BCUT2D eigenvalue weighted by Gasteiger charge is 2.52. The molecule has 0 aliphatic carbocycles. The Kier molecular flexibility index (Phi) is 5.98. The second kappa shape index (κ2) is 7.87. The molecular weight excluding hydrogens is 482 g/mol. The molecule has 5 nitrogen and oxygen atoms in total. The predicted molar refractivity (Wildman–Crippen MR) is 114 cm³/mol. The van der Waals surface area contributed by atoms with Crippen LogP contribution in [0.15, 0.2) is 54.6 Å². The first-order chi connectivity index (χ1) is 13.5. The van der Waals surface area contributed by atoms with Gasteiger partial charge in [0.25, 0.3) is 10.1 Å². The summed E-state index contributed by atoms with van der Waals surface area (Å²) in [6.07, 6.45) is 0. The minimum Gasteiger partial charge on any atom is -0.508 e. The molecule has 1 unspecified atom stereocenters. The normalized spacial score (nSPS) is 13.8. The molecule has 0 fully saturated rings. The Morgan fingerprint density at radius 1 is 0.759 bits per heavy atom. The average molecular weight is 494 g/mol. The summed E-state index contributed by atoms with van der Waals surface area (Å²) in [6.45, 7) is 0. The summed E-state index contributed by atoms with van der Waals surface area (Å²) in [5.74, 6) is -0.697. The van der Waals surface area contributed by atoms with Gasteiger partial charge < -0.3 is 10.2 Å². The van der Waals surface area contributed by atoms with Gasteiger partial charge in [-0.3, -0.25) is 4.55 Å². The molecule has 10 heteroatoms. The maximum atomic E-state index is 13.0. The van der Waals surface area contributed by atoms with Crippen molar-refractivity contribution in [2.75, 3.05) is 0 Å². The van der Waals surface area contributed by atoms with Gasteiger partial charge in [-0.25, -0.2) is 0 Å². The van der Waals surface area contributed by atoms with E-state index in [0.29, 0.717) is 0 Å². The molecule has 0 heterocycles. The van der Waals surface area contributed by atoms with E-state index < -0.39 is 20.6 Å². The first-order valence-electron chi connectivity index (χ1n) is 7.89. The zero-order valence-corrected chi connectivity index (χ0v) is 18.1. The quantitative estimate of drug-likeness (QED) is 0.239. The Morgan fingerprint density at radius 2 is 1.41 bits per heavy atom. The molecule has 0 aromatic heterocycles. The van der Waals surface area contributed by atoms with E-state index in [-0.39, 0.29) is 42.5 Å². The lowest BCUT2D eigenvalue weighted by atomic mass is 9.83. The summed E-state index contributed by atoms with van der Waals surface area (Å²) in [7, 11) is -5.13. The van der Waals surface area contributed by atoms with E-state index in [1.807, 2.05) is 0 Å². The molecule has 152 valence electrons. The molecule has 3 aromatic carbocycles. The van der Waals surface area contributed by atoms with Crippen LogP contribution in [0.3, 0.4) is 0 Å². The fourth-order valence-corrected chi connectivity index (χ4v) is 5.74. The van der Waals surface area contributed by atoms with Gasteiger partial charge >= 0.3 is 0 Å². The number of aromatic hydroxyl groups is 2. The van der Waals surface area contributed by atoms with Crippen LogP contribution in [0.2, 0.25) is 20.1 Å². The Hall–Kier alpha value is -1.67. The molecule has 29 heavy (non-hydrogen) atoms. The van der Waals surface area contributed by atoms with Gasteiger partial charge in [-0.15, -0.1) is 0 Å². The van der Waals surface area contributed by atoms with E-state index in [0.717, 1.165) is 6.07 Å². The SMILES string of the molecule is O=S(=O)(O)C(c1ccccc1O)(c1ccc(O)cc1Cl)c1cc(Cl)cc(Cl)c1Cl. The molecule has 0 radical (unpaired) electrons. The Morgan fingerprint density at radius 3 is 2.00 bits per heavy atom. The van der Waals surface area contributed by atoms with Crippen molar-refractivity contribution in [3.63, 3.8) is 0 Å². The summed E-state index contributed by atoms with van der Waals surface area (Å²) in [5.41, 5.74) is -0.648. The highest BCUT2D eigenvalue weighted by molar-refractivity contribution is 7.87. The predicted octanol–water partition coefficient (Wildman–Crippen LogP) is 5.89. The zero-order chi connectivity index (χ0) is 21.6. The van der Waals surface area contributed by atoms with Crippen LogP contribution in [0.1, 0.15) is 16.7 Å². The van der Waals surface area contributed by atoms with Crippen LogP contribution in [0, 0.1) is 0 Å². The van der Waals surface area contributed by atoms with Crippen molar-refractivity contribution in [2.45, 2.75) is 4.75 Å². The zero-order valence-electron chi connectivity index (χ0n) is 14.3. The molecule has 0 aliphatic rings. The van der Waals surface area contributed by atoms with Gasteiger partial charge in [0.1, 0.15) is 11.5 Å². The third-order valence-electron chi connectivity index (χ3n) is 4.37. The Balaban J connectivity index is 2.66. The van der Waals surface area contributed by atoms with E-state index in [4.69, 9.17) is 46.4 Å². The van der Waals surface area contributed by atoms with E-state index in [2.05, 4.69) is 0 Å². The van der Waals surface area contributed by atoms with Crippen molar-refractivity contribution in [2.24, 2.45) is 0 Å². The number of rotatable bonds is 4. The number of halogens is 4. The number of phenols is 2. The van der Waals surface area contributed by atoms with E-state index in [1.165, 1.54) is 48.5 Å². The standard InChI is InChI=1S/C19H12Cl4O5S/c20-10-7-14(18(23)16(22)8-10)19(29(26,27)28,13-3-1-2-4-17(13)25)12-6-5-11(24)9-15(12)21/h1-9,24-25H,(H,26,27,28). The number of hydrogen-bond acceptors (Lipinski definition) is 4. The Labute approximate surface area is 186 Å². The van der Waals surface area contributed by atoms with Gasteiger partial charge in [-0.05, 0) is 30.3 Å². The maximum absolute atomic E-state index is 13.0. The third-order valence-corrected chi connectivity index (χ3v) is 7.14. The van der Waals surface area contributed by atoms with Crippen molar-refractivity contribution in [3.05, 3.63) is 91.4 Å². The Bertz CT molecular complexity index is 1210. The fourth-order valence-electron chi connectivity index (χ4n) is 3.23. The second-order valence-corrected chi connectivity index (χ2v) is 9.28. The van der Waals surface area contributed by atoms with E-state index in [1.54, 1.807) is 0 Å². The summed E-state index contributed by atoms with van der Waals surface area (Å²) < 4.78 is 34.0. The van der Waals surface area contributed by atoms with Crippen molar-refractivity contribution >= 4 is 56.5 Å². The highest BCUT2D eigenvalue weighted by atomic mass is 35.5. The highest BCUT2D eigenvalue weighted by Crippen LogP contribution is 2.52.